The number of rotatable bonds is 1. The third kappa shape index (κ3) is 1.73. The van der Waals surface area contributed by atoms with E-state index < -0.39 is 0 Å². The largest absolute Gasteiger partial charge is 0.326 e. The number of nitrogens with two attached hydrogens (primary N) is 1. The molecule has 0 unspecified atom stereocenters. The van der Waals surface area contributed by atoms with E-state index in [4.69, 9.17) is 17.3 Å². The van der Waals surface area contributed by atoms with Crippen LogP contribution in [0, 0.1) is 13.8 Å². The quantitative estimate of drug-likeness (QED) is 0.687. The van der Waals surface area contributed by atoms with Crippen LogP contribution in [0.1, 0.15) is 16.7 Å². The lowest BCUT2D eigenvalue weighted by Gasteiger charge is -2.05. The molecule has 2 heteroatoms. The van der Waals surface area contributed by atoms with E-state index in [1.54, 1.807) is 0 Å². The highest BCUT2D eigenvalue weighted by Gasteiger charge is 1.99. The zero-order valence-corrected chi connectivity index (χ0v) is 7.57. The molecule has 0 atom stereocenters. The number of aryl methyl sites for hydroxylation is 2. The van der Waals surface area contributed by atoms with Gasteiger partial charge in [0.05, 0.1) is 0 Å². The molecule has 0 amide bonds. The lowest BCUT2D eigenvalue weighted by atomic mass is 10.1. The van der Waals surface area contributed by atoms with Crippen LogP contribution in [0.15, 0.2) is 12.1 Å². The van der Waals surface area contributed by atoms with Gasteiger partial charge in [-0.15, -0.1) is 0 Å². The smallest absolute Gasteiger partial charge is 0.0438 e. The van der Waals surface area contributed by atoms with Crippen LogP contribution in [0.2, 0.25) is 5.02 Å². The van der Waals surface area contributed by atoms with Gasteiger partial charge in [0.2, 0.25) is 0 Å². The van der Waals surface area contributed by atoms with Crippen molar-refractivity contribution in [3.05, 3.63) is 33.8 Å². The van der Waals surface area contributed by atoms with Crippen molar-refractivity contribution in [3.8, 4) is 0 Å². The Bertz CT molecular complexity index is 269. The van der Waals surface area contributed by atoms with E-state index in [0.29, 0.717) is 6.54 Å². The fourth-order valence-corrected chi connectivity index (χ4v) is 1.28. The molecule has 0 heterocycles. The lowest BCUT2D eigenvalue weighted by Crippen LogP contribution is -1.99. The van der Waals surface area contributed by atoms with E-state index in [1.807, 2.05) is 26.0 Å². The molecule has 1 aromatic rings. The summed E-state index contributed by atoms with van der Waals surface area (Å²) in [4.78, 5) is 0. The van der Waals surface area contributed by atoms with Gasteiger partial charge in [-0.3, -0.25) is 0 Å². The molecule has 0 aromatic heterocycles. The first kappa shape index (κ1) is 8.57. The molecule has 2 N–H and O–H groups in total. The van der Waals surface area contributed by atoms with Crippen LogP contribution in [0.3, 0.4) is 0 Å². The second-order valence-electron chi connectivity index (χ2n) is 2.73. The van der Waals surface area contributed by atoms with E-state index >= 15 is 0 Å². The molecule has 0 saturated heterocycles. The van der Waals surface area contributed by atoms with Gasteiger partial charge < -0.3 is 5.73 Å². The third-order valence-electron chi connectivity index (χ3n) is 1.84. The van der Waals surface area contributed by atoms with Crippen molar-refractivity contribution in [1.29, 1.82) is 0 Å². The number of halogens is 1. The van der Waals surface area contributed by atoms with Crippen LogP contribution < -0.4 is 5.73 Å². The normalized spacial score (nSPS) is 10.2. The molecule has 1 nitrogen and oxygen atoms in total. The van der Waals surface area contributed by atoms with Crippen LogP contribution in [0.25, 0.3) is 0 Å². The fraction of sp³-hybridized carbons (Fsp3) is 0.333. The van der Waals surface area contributed by atoms with Gasteiger partial charge in [0, 0.05) is 11.6 Å². The Hall–Kier alpha value is -0.530. The molecule has 0 spiro atoms. The maximum Gasteiger partial charge on any atom is 0.0438 e. The Morgan fingerprint density at radius 3 is 2.45 bits per heavy atom. The van der Waals surface area contributed by atoms with Gasteiger partial charge in [0.15, 0.2) is 0 Å². The maximum absolute atomic E-state index is 5.90. The van der Waals surface area contributed by atoms with Gasteiger partial charge >= 0.3 is 0 Å². The average molecular weight is 170 g/mol. The van der Waals surface area contributed by atoms with E-state index in [9.17, 15) is 0 Å². The van der Waals surface area contributed by atoms with Gasteiger partial charge in [-0.05, 0) is 36.6 Å². The minimum atomic E-state index is 0.587. The Kier molecular flexibility index (Phi) is 2.53. The van der Waals surface area contributed by atoms with Crippen molar-refractivity contribution in [3.63, 3.8) is 0 Å². The highest BCUT2D eigenvalue weighted by Crippen LogP contribution is 2.19. The first-order chi connectivity index (χ1) is 5.15. The van der Waals surface area contributed by atoms with E-state index in [1.165, 1.54) is 11.1 Å². The third-order valence-corrected chi connectivity index (χ3v) is 2.24. The summed E-state index contributed by atoms with van der Waals surface area (Å²) in [5, 5.41) is 0.819. The van der Waals surface area contributed by atoms with Crippen molar-refractivity contribution in [1.82, 2.24) is 0 Å². The van der Waals surface area contributed by atoms with Gasteiger partial charge in [0.1, 0.15) is 0 Å². The average Bonchev–Trinajstić information content (AvgIpc) is 1.97. The van der Waals surface area contributed by atoms with Crippen molar-refractivity contribution in [2.45, 2.75) is 20.4 Å². The SMILES string of the molecule is Cc1cc(CN)c(C)cc1Cl. The molecule has 0 aliphatic carbocycles. The molecule has 1 aromatic carbocycles. The monoisotopic (exact) mass is 169 g/mol. The summed E-state index contributed by atoms with van der Waals surface area (Å²) in [5.74, 6) is 0. The lowest BCUT2D eigenvalue weighted by molar-refractivity contribution is 1.04. The predicted octanol–water partition coefficient (Wildman–Crippen LogP) is 2.42. The Balaban J connectivity index is 3.21. The number of hydrogen-bond acceptors (Lipinski definition) is 1. The molecule has 0 aliphatic rings. The molecule has 60 valence electrons. The summed E-state index contributed by atoms with van der Waals surface area (Å²) >= 11 is 5.90. The molecule has 1 rings (SSSR count). The summed E-state index contributed by atoms with van der Waals surface area (Å²) in [5.41, 5.74) is 8.96. The Morgan fingerprint density at radius 1 is 1.27 bits per heavy atom. The summed E-state index contributed by atoms with van der Waals surface area (Å²) in [6, 6.07) is 4.00. The summed E-state index contributed by atoms with van der Waals surface area (Å²) in [6.45, 7) is 4.60. The number of hydrogen-bond donors (Lipinski definition) is 1. The van der Waals surface area contributed by atoms with Crippen molar-refractivity contribution < 1.29 is 0 Å². The van der Waals surface area contributed by atoms with Crippen LogP contribution in [0.4, 0.5) is 0 Å². The second kappa shape index (κ2) is 3.24. The molecular weight excluding hydrogens is 158 g/mol. The van der Waals surface area contributed by atoms with Gasteiger partial charge in [-0.1, -0.05) is 17.7 Å². The van der Waals surface area contributed by atoms with Gasteiger partial charge in [-0.2, -0.15) is 0 Å². The topological polar surface area (TPSA) is 26.0 Å². The molecule has 0 bridgehead atoms. The first-order valence-electron chi connectivity index (χ1n) is 3.61. The Morgan fingerprint density at radius 2 is 1.91 bits per heavy atom. The van der Waals surface area contributed by atoms with Crippen LogP contribution >= 0.6 is 11.6 Å². The zero-order chi connectivity index (χ0) is 8.43. The van der Waals surface area contributed by atoms with Gasteiger partial charge in [-0.25, -0.2) is 0 Å². The molecule has 11 heavy (non-hydrogen) atoms. The summed E-state index contributed by atoms with van der Waals surface area (Å²) in [6.07, 6.45) is 0. The van der Waals surface area contributed by atoms with E-state index in [-0.39, 0.29) is 0 Å². The van der Waals surface area contributed by atoms with E-state index in [0.717, 1.165) is 10.6 Å². The Labute approximate surface area is 72.2 Å². The maximum atomic E-state index is 5.90. The van der Waals surface area contributed by atoms with Crippen LogP contribution in [-0.4, -0.2) is 0 Å². The number of benzene rings is 1. The molecular formula is C9H12ClN. The fourth-order valence-electron chi connectivity index (χ4n) is 1.06. The molecule has 0 fully saturated rings. The summed E-state index contributed by atoms with van der Waals surface area (Å²) in [7, 11) is 0. The van der Waals surface area contributed by atoms with Crippen molar-refractivity contribution in [2.75, 3.05) is 0 Å². The van der Waals surface area contributed by atoms with Crippen molar-refractivity contribution in [2.24, 2.45) is 5.73 Å². The molecule has 0 saturated carbocycles. The minimum absolute atomic E-state index is 0.587. The minimum Gasteiger partial charge on any atom is -0.326 e. The zero-order valence-electron chi connectivity index (χ0n) is 6.82. The van der Waals surface area contributed by atoms with E-state index in [2.05, 4.69) is 0 Å². The van der Waals surface area contributed by atoms with Crippen LogP contribution in [-0.2, 0) is 6.54 Å². The standard InChI is InChI=1S/C9H12ClN/c1-6-4-9(10)7(2)3-8(6)5-11/h3-4H,5,11H2,1-2H3. The van der Waals surface area contributed by atoms with Crippen molar-refractivity contribution >= 4 is 11.6 Å². The highest BCUT2D eigenvalue weighted by molar-refractivity contribution is 6.31. The first-order valence-corrected chi connectivity index (χ1v) is 3.98. The van der Waals surface area contributed by atoms with Gasteiger partial charge in [0.25, 0.3) is 0 Å². The molecule has 0 aliphatic heterocycles. The second-order valence-corrected chi connectivity index (χ2v) is 3.14. The molecule has 0 radical (unpaired) electrons. The van der Waals surface area contributed by atoms with Crippen LogP contribution in [0.5, 0.6) is 0 Å². The summed E-state index contributed by atoms with van der Waals surface area (Å²) < 4.78 is 0. The predicted molar refractivity (Wildman–Crippen MR) is 48.8 cm³/mol. The highest BCUT2D eigenvalue weighted by atomic mass is 35.5.